The summed E-state index contributed by atoms with van der Waals surface area (Å²) in [4.78, 5) is 0. The Hall–Kier alpha value is -0.640. The van der Waals surface area contributed by atoms with Crippen molar-refractivity contribution in [3.05, 3.63) is 58.2 Å². The van der Waals surface area contributed by atoms with Crippen LogP contribution in [0.1, 0.15) is 27.7 Å². The Bertz CT molecular complexity index is 679. The molecule has 4 heteroatoms. The molecule has 0 saturated heterocycles. The SMILES string of the molecule is C[C@H](N[P@](=O)(c1ccccc1)c1ccccc1I)C(C)(C)C. The molecule has 2 aromatic rings. The van der Waals surface area contributed by atoms with Gasteiger partial charge in [0.2, 0.25) is 7.29 Å². The molecule has 0 saturated carbocycles. The van der Waals surface area contributed by atoms with E-state index in [1.54, 1.807) is 0 Å². The second-order valence-electron chi connectivity index (χ2n) is 6.61. The Morgan fingerprint density at radius 1 is 1.00 bits per heavy atom. The summed E-state index contributed by atoms with van der Waals surface area (Å²) in [5, 5.41) is 5.20. The number of nitrogens with one attached hydrogen (secondary N) is 1. The molecule has 0 unspecified atom stereocenters. The zero-order valence-electron chi connectivity index (χ0n) is 13.5. The fourth-order valence-corrected chi connectivity index (χ4v) is 6.26. The van der Waals surface area contributed by atoms with Gasteiger partial charge in [0.1, 0.15) is 0 Å². The van der Waals surface area contributed by atoms with Crippen LogP contribution in [0.25, 0.3) is 0 Å². The monoisotopic (exact) mass is 427 g/mol. The highest BCUT2D eigenvalue weighted by Gasteiger charge is 2.33. The summed E-state index contributed by atoms with van der Waals surface area (Å²) in [6.07, 6.45) is 0. The molecule has 22 heavy (non-hydrogen) atoms. The molecule has 0 fully saturated rings. The van der Waals surface area contributed by atoms with Gasteiger partial charge in [-0.15, -0.1) is 0 Å². The molecule has 2 aromatic carbocycles. The molecule has 2 rings (SSSR count). The Kier molecular flexibility index (Phi) is 5.52. The predicted molar refractivity (Wildman–Crippen MR) is 105 cm³/mol. The summed E-state index contributed by atoms with van der Waals surface area (Å²) in [7, 11) is -2.87. The van der Waals surface area contributed by atoms with Crippen molar-refractivity contribution in [2.75, 3.05) is 0 Å². The fraction of sp³-hybridized carbons (Fsp3) is 0.333. The molecule has 2 nitrogen and oxygen atoms in total. The van der Waals surface area contributed by atoms with Crippen molar-refractivity contribution in [2.24, 2.45) is 5.41 Å². The maximum atomic E-state index is 14.0. The van der Waals surface area contributed by atoms with Crippen LogP contribution in [0.2, 0.25) is 0 Å². The molecular weight excluding hydrogens is 404 g/mol. The lowest BCUT2D eigenvalue weighted by Crippen LogP contribution is -2.41. The zero-order valence-corrected chi connectivity index (χ0v) is 16.6. The van der Waals surface area contributed by atoms with Crippen LogP contribution in [0.15, 0.2) is 54.6 Å². The minimum Gasteiger partial charge on any atom is -0.296 e. The van der Waals surface area contributed by atoms with Gasteiger partial charge in [-0.2, -0.15) is 0 Å². The molecule has 0 aliphatic heterocycles. The Labute approximate surface area is 147 Å². The predicted octanol–water partition coefficient (Wildman–Crippen LogP) is 4.54. The summed E-state index contributed by atoms with van der Waals surface area (Å²) < 4.78 is 15.0. The average molecular weight is 427 g/mol. The van der Waals surface area contributed by atoms with Crippen LogP contribution < -0.4 is 15.7 Å². The molecule has 0 aliphatic rings. The van der Waals surface area contributed by atoms with E-state index in [1.165, 1.54) is 0 Å². The van der Waals surface area contributed by atoms with Crippen molar-refractivity contribution in [2.45, 2.75) is 33.7 Å². The van der Waals surface area contributed by atoms with Gasteiger partial charge in [0.05, 0.1) is 0 Å². The first-order chi connectivity index (χ1) is 10.2. The van der Waals surface area contributed by atoms with Gasteiger partial charge in [-0.3, -0.25) is 9.65 Å². The van der Waals surface area contributed by atoms with Crippen molar-refractivity contribution < 1.29 is 4.57 Å². The minimum atomic E-state index is -2.87. The molecule has 0 heterocycles. The molecule has 0 bridgehead atoms. The zero-order chi connectivity index (χ0) is 16.4. The van der Waals surface area contributed by atoms with Crippen molar-refractivity contribution in [3.8, 4) is 0 Å². The summed E-state index contributed by atoms with van der Waals surface area (Å²) in [6, 6.07) is 17.8. The van der Waals surface area contributed by atoms with E-state index in [1.807, 2.05) is 54.6 Å². The molecular formula is C18H23INOP. The largest absolute Gasteiger partial charge is 0.296 e. The first-order valence-electron chi connectivity index (χ1n) is 7.44. The standard InChI is InChI=1S/C18H23INOP/c1-14(18(2,3)4)20-22(21,15-10-6-5-7-11-15)17-13-9-8-12-16(17)19/h5-14H,1-4H3,(H,20,21)/t14-,22-/m0/s1. The number of benzene rings is 2. The lowest BCUT2D eigenvalue weighted by Gasteiger charge is -2.33. The van der Waals surface area contributed by atoms with E-state index in [-0.39, 0.29) is 11.5 Å². The number of halogens is 1. The minimum absolute atomic E-state index is 0.0324. The van der Waals surface area contributed by atoms with Gasteiger partial charge in [0.15, 0.2) is 0 Å². The molecule has 1 N–H and O–H groups in total. The molecule has 0 amide bonds. The van der Waals surface area contributed by atoms with Crippen LogP contribution in [-0.4, -0.2) is 6.04 Å². The second kappa shape index (κ2) is 6.86. The number of hydrogen-bond donors (Lipinski definition) is 1. The maximum absolute atomic E-state index is 14.0. The molecule has 0 aliphatic carbocycles. The van der Waals surface area contributed by atoms with Crippen molar-refractivity contribution in [1.82, 2.24) is 5.09 Å². The van der Waals surface area contributed by atoms with E-state index in [9.17, 15) is 4.57 Å². The molecule has 118 valence electrons. The molecule has 2 atom stereocenters. The van der Waals surface area contributed by atoms with Crippen LogP contribution in [-0.2, 0) is 4.57 Å². The third-order valence-corrected chi connectivity index (χ3v) is 8.20. The van der Waals surface area contributed by atoms with E-state index in [4.69, 9.17) is 0 Å². The Morgan fingerprint density at radius 3 is 2.09 bits per heavy atom. The third-order valence-electron chi connectivity index (χ3n) is 3.99. The van der Waals surface area contributed by atoms with Crippen molar-refractivity contribution >= 4 is 40.5 Å². The summed E-state index contributed by atoms with van der Waals surface area (Å²) in [5.74, 6) is 0. The van der Waals surface area contributed by atoms with E-state index < -0.39 is 7.29 Å². The van der Waals surface area contributed by atoms with Gasteiger partial charge in [-0.25, -0.2) is 0 Å². The van der Waals surface area contributed by atoms with Crippen molar-refractivity contribution in [1.29, 1.82) is 0 Å². The molecule has 0 radical (unpaired) electrons. The van der Waals surface area contributed by atoms with Crippen LogP contribution >= 0.6 is 29.9 Å². The van der Waals surface area contributed by atoms with E-state index in [0.29, 0.717) is 0 Å². The van der Waals surface area contributed by atoms with Gasteiger partial charge in [0.25, 0.3) is 0 Å². The number of hydrogen-bond acceptors (Lipinski definition) is 1. The van der Waals surface area contributed by atoms with Crippen LogP contribution in [0.3, 0.4) is 0 Å². The number of rotatable bonds is 4. The van der Waals surface area contributed by atoms with Crippen LogP contribution in [0.5, 0.6) is 0 Å². The van der Waals surface area contributed by atoms with Gasteiger partial charge in [-0.05, 0) is 59.2 Å². The quantitative estimate of drug-likeness (QED) is 0.574. The third kappa shape index (κ3) is 3.81. The maximum Gasteiger partial charge on any atom is 0.205 e. The Morgan fingerprint density at radius 2 is 1.55 bits per heavy atom. The lowest BCUT2D eigenvalue weighted by atomic mass is 9.89. The highest BCUT2D eigenvalue weighted by molar-refractivity contribution is 14.1. The summed E-state index contributed by atoms with van der Waals surface area (Å²) >= 11 is 2.27. The first-order valence-corrected chi connectivity index (χ1v) is 10.2. The average Bonchev–Trinajstić information content (AvgIpc) is 2.47. The highest BCUT2D eigenvalue weighted by atomic mass is 127. The highest BCUT2D eigenvalue weighted by Crippen LogP contribution is 2.42. The van der Waals surface area contributed by atoms with E-state index >= 15 is 0 Å². The first kappa shape index (κ1) is 17.7. The second-order valence-corrected chi connectivity index (χ2v) is 10.3. The van der Waals surface area contributed by atoms with E-state index in [0.717, 1.165) is 14.2 Å². The Balaban J connectivity index is 2.56. The summed E-state index contributed by atoms with van der Waals surface area (Å²) in [5.41, 5.74) is 0.0324. The lowest BCUT2D eigenvalue weighted by molar-refractivity contribution is 0.319. The van der Waals surface area contributed by atoms with Crippen molar-refractivity contribution in [3.63, 3.8) is 0 Å². The smallest absolute Gasteiger partial charge is 0.205 e. The topological polar surface area (TPSA) is 29.1 Å². The fourth-order valence-electron chi connectivity index (χ4n) is 2.09. The van der Waals surface area contributed by atoms with Gasteiger partial charge >= 0.3 is 0 Å². The molecule has 0 aromatic heterocycles. The molecule has 0 spiro atoms. The van der Waals surface area contributed by atoms with Gasteiger partial charge in [0, 0.05) is 20.2 Å². The van der Waals surface area contributed by atoms with E-state index in [2.05, 4.69) is 55.4 Å². The van der Waals surface area contributed by atoms with Crippen LogP contribution in [0, 0.1) is 8.99 Å². The normalized spacial score (nSPS) is 16.0. The van der Waals surface area contributed by atoms with Crippen LogP contribution in [0.4, 0.5) is 0 Å². The van der Waals surface area contributed by atoms with Gasteiger partial charge in [-0.1, -0.05) is 51.1 Å². The van der Waals surface area contributed by atoms with Gasteiger partial charge < -0.3 is 0 Å². The summed E-state index contributed by atoms with van der Waals surface area (Å²) in [6.45, 7) is 8.59.